The maximum atomic E-state index is 12.5. The Kier molecular flexibility index (Phi) is 3.72. The van der Waals surface area contributed by atoms with Crippen molar-refractivity contribution in [3.05, 3.63) is 53.6 Å². The maximum absolute atomic E-state index is 12.5. The van der Waals surface area contributed by atoms with Crippen LogP contribution < -0.4 is 9.68 Å². The number of carbonyl (C=O) groups is 1. The van der Waals surface area contributed by atoms with Crippen LogP contribution in [0.25, 0.3) is 0 Å². The van der Waals surface area contributed by atoms with Gasteiger partial charge in [0, 0.05) is 27.6 Å². The minimum atomic E-state index is -0.818. The van der Waals surface area contributed by atoms with E-state index in [9.17, 15) is 9.32 Å². The van der Waals surface area contributed by atoms with Crippen molar-refractivity contribution in [2.45, 2.75) is 19.8 Å². The Bertz CT molecular complexity index is 754. The van der Waals surface area contributed by atoms with Gasteiger partial charge in [0.25, 0.3) is 0 Å². The fourth-order valence-corrected chi connectivity index (χ4v) is 3.15. The molecule has 3 rings (SSSR count). The monoisotopic (exact) mass is 316 g/mol. The molecule has 1 atom stereocenters. The van der Waals surface area contributed by atoms with Crippen LogP contribution in [0.3, 0.4) is 0 Å². The number of fused-ring (bicyclic) bond motifs is 2. The van der Waals surface area contributed by atoms with Gasteiger partial charge in [-0.05, 0) is 26.0 Å². The third-order valence-corrected chi connectivity index (χ3v) is 4.27. The van der Waals surface area contributed by atoms with Crippen molar-refractivity contribution in [2.75, 3.05) is 7.11 Å². The normalized spacial score (nSPS) is 15.9. The Morgan fingerprint density at radius 3 is 2.52 bits per heavy atom. The van der Waals surface area contributed by atoms with Gasteiger partial charge < -0.3 is 9.47 Å². The molecule has 0 radical (unpaired) electrons. The molecule has 0 saturated heterocycles. The zero-order chi connectivity index (χ0) is 16.6. The number of carbonyl (C=O) groups excluding carboxylic acids is 1. The molecule has 0 N–H and O–H groups in total. The van der Waals surface area contributed by atoms with Gasteiger partial charge >= 0.3 is 5.97 Å². The average Bonchev–Trinajstić information content (AvgIpc) is 2.57. The van der Waals surface area contributed by atoms with Crippen molar-refractivity contribution < 1.29 is 23.7 Å². The van der Waals surface area contributed by atoms with Gasteiger partial charge in [0.15, 0.2) is 5.75 Å². The quantitative estimate of drug-likeness (QED) is 0.788. The molecule has 1 aliphatic rings. The average molecular weight is 316 g/mol. The van der Waals surface area contributed by atoms with Gasteiger partial charge in [-0.1, -0.05) is 24.3 Å². The molecule has 1 aliphatic heterocycles. The summed E-state index contributed by atoms with van der Waals surface area (Å²) >= 11 is 0. The molecular formula is C18H17FO4. The number of methoxy groups -OCH3 is 1. The number of hydrogen-bond acceptors (Lipinski definition) is 4. The molecule has 120 valence electrons. The molecule has 4 nitrogen and oxygen atoms in total. The van der Waals surface area contributed by atoms with Crippen LogP contribution in [0, 0.1) is 5.41 Å². The second kappa shape index (κ2) is 5.57. The molecule has 2 aromatic carbocycles. The summed E-state index contributed by atoms with van der Waals surface area (Å²) in [6.45, 7) is 3.66. The van der Waals surface area contributed by atoms with Crippen LogP contribution in [-0.2, 0) is 9.53 Å². The van der Waals surface area contributed by atoms with Gasteiger partial charge in [-0.2, -0.15) is 0 Å². The first-order valence-electron chi connectivity index (χ1n) is 7.26. The van der Waals surface area contributed by atoms with Crippen LogP contribution in [-0.4, -0.2) is 13.1 Å². The first kappa shape index (κ1) is 15.3. The molecule has 0 amide bonds. The van der Waals surface area contributed by atoms with Gasteiger partial charge in [0.2, 0.25) is 0 Å². The molecule has 1 unspecified atom stereocenters. The van der Waals surface area contributed by atoms with Crippen LogP contribution in [0.2, 0.25) is 0 Å². The van der Waals surface area contributed by atoms with E-state index in [1.54, 1.807) is 6.07 Å². The topological polar surface area (TPSA) is 44.8 Å². The highest BCUT2D eigenvalue weighted by atomic mass is 19.3. The van der Waals surface area contributed by atoms with Gasteiger partial charge in [0.1, 0.15) is 11.5 Å². The van der Waals surface area contributed by atoms with Crippen molar-refractivity contribution in [3.63, 3.8) is 0 Å². The second-order valence-electron chi connectivity index (χ2n) is 6.06. The maximum Gasteiger partial charge on any atom is 0.312 e. The summed E-state index contributed by atoms with van der Waals surface area (Å²) in [6.07, 6.45) is 0. The van der Waals surface area contributed by atoms with Crippen molar-refractivity contribution in [1.29, 1.82) is 0 Å². The molecule has 0 aliphatic carbocycles. The van der Waals surface area contributed by atoms with E-state index in [1.807, 2.05) is 38.1 Å². The minimum Gasteiger partial charge on any atom is -0.469 e. The van der Waals surface area contributed by atoms with E-state index in [-0.39, 0.29) is 17.6 Å². The lowest BCUT2D eigenvalue weighted by molar-refractivity contribution is -0.151. The molecule has 0 spiro atoms. The van der Waals surface area contributed by atoms with Crippen LogP contribution >= 0.6 is 0 Å². The predicted molar refractivity (Wildman–Crippen MR) is 82.3 cm³/mol. The summed E-state index contributed by atoms with van der Waals surface area (Å²) in [5.74, 6) is 0.566. The number of esters is 1. The third kappa shape index (κ3) is 2.42. The van der Waals surface area contributed by atoms with Gasteiger partial charge in [-0.15, -0.1) is 0 Å². The van der Waals surface area contributed by atoms with Crippen molar-refractivity contribution >= 4 is 5.97 Å². The Balaban J connectivity index is 2.21. The van der Waals surface area contributed by atoms with E-state index in [2.05, 4.69) is 4.94 Å². The number of rotatable bonds is 3. The Morgan fingerprint density at radius 2 is 1.83 bits per heavy atom. The van der Waals surface area contributed by atoms with Crippen LogP contribution in [0.15, 0.2) is 42.5 Å². The zero-order valence-corrected chi connectivity index (χ0v) is 13.1. The fourth-order valence-electron chi connectivity index (χ4n) is 3.15. The molecule has 23 heavy (non-hydrogen) atoms. The standard InChI is InChI=1S/C18H17FO4/c1-18(2,17(20)21-3)16-12-6-4-5-7-14(12)22-15-10-11(23-19)8-9-13(15)16/h4-10,16H,1-3H3. The van der Waals surface area contributed by atoms with Crippen LogP contribution in [0.5, 0.6) is 17.2 Å². The van der Waals surface area contributed by atoms with E-state index < -0.39 is 5.41 Å². The summed E-state index contributed by atoms with van der Waals surface area (Å²) in [7, 11) is 1.37. The highest BCUT2D eigenvalue weighted by Crippen LogP contribution is 2.52. The smallest absolute Gasteiger partial charge is 0.312 e. The molecule has 2 aromatic rings. The summed E-state index contributed by atoms with van der Waals surface area (Å²) in [4.78, 5) is 16.1. The lowest BCUT2D eigenvalue weighted by atomic mass is 9.70. The Morgan fingerprint density at radius 1 is 1.13 bits per heavy atom. The van der Waals surface area contributed by atoms with E-state index in [0.29, 0.717) is 11.5 Å². The number of hydrogen-bond donors (Lipinski definition) is 0. The Labute approximate surface area is 133 Å². The highest BCUT2D eigenvalue weighted by Gasteiger charge is 2.44. The number of para-hydroxylation sites is 1. The van der Waals surface area contributed by atoms with Gasteiger partial charge in [-0.3, -0.25) is 9.74 Å². The number of benzene rings is 2. The number of ether oxygens (including phenoxy) is 2. The molecule has 0 fully saturated rings. The lowest BCUT2D eigenvalue weighted by Crippen LogP contribution is -2.34. The molecule has 5 heteroatoms. The SMILES string of the molecule is COC(=O)C(C)(C)C1c2ccccc2Oc2cc(OF)ccc21. The first-order valence-corrected chi connectivity index (χ1v) is 7.26. The van der Waals surface area contributed by atoms with Crippen molar-refractivity contribution in [1.82, 2.24) is 0 Å². The van der Waals surface area contributed by atoms with Crippen LogP contribution in [0.1, 0.15) is 30.9 Å². The third-order valence-electron chi connectivity index (χ3n) is 4.27. The number of halogens is 1. The Hall–Kier alpha value is -2.56. The van der Waals surface area contributed by atoms with Gasteiger partial charge in [-0.25, -0.2) is 0 Å². The van der Waals surface area contributed by atoms with Crippen LogP contribution in [0.4, 0.5) is 4.53 Å². The molecule has 0 saturated carbocycles. The highest BCUT2D eigenvalue weighted by molar-refractivity contribution is 5.79. The van der Waals surface area contributed by atoms with Crippen molar-refractivity contribution in [2.24, 2.45) is 5.41 Å². The van der Waals surface area contributed by atoms with E-state index in [1.165, 1.54) is 19.2 Å². The fraction of sp³-hybridized carbons (Fsp3) is 0.278. The van der Waals surface area contributed by atoms with E-state index in [0.717, 1.165) is 11.1 Å². The van der Waals surface area contributed by atoms with Gasteiger partial charge in [0.05, 0.1) is 12.5 Å². The summed E-state index contributed by atoms with van der Waals surface area (Å²) in [5, 5.41) is 0. The van der Waals surface area contributed by atoms with Crippen molar-refractivity contribution in [3.8, 4) is 17.2 Å². The predicted octanol–water partition coefficient (Wildman–Crippen LogP) is 4.39. The summed E-state index contributed by atoms with van der Waals surface area (Å²) < 4.78 is 23.3. The second-order valence-corrected chi connectivity index (χ2v) is 6.06. The zero-order valence-electron chi connectivity index (χ0n) is 13.1. The van der Waals surface area contributed by atoms with E-state index >= 15 is 0 Å². The molecule has 1 heterocycles. The molecule has 0 bridgehead atoms. The molecular weight excluding hydrogens is 299 g/mol. The minimum absolute atomic E-state index is 0.0535. The molecule has 0 aromatic heterocycles. The lowest BCUT2D eigenvalue weighted by Gasteiger charge is -2.37. The summed E-state index contributed by atoms with van der Waals surface area (Å²) in [5.41, 5.74) is 0.866. The first-order chi connectivity index (χ1) is 11.0. The van der Waals surface area contributed by atoms with E-state index in [4.69, 9.17) is 9.47 Å². The summed E-state index contributed by atoms with van der Waals surface area (Å²) in [6, 6.07) is 12.2. The largest absolute Gasteiger partial charge is 0.469 e.